The number of tetrazole rings is 1. The van der Waals surface area contributed by atoms with Crippen LogP contribution in [0.4, 0.5) is 5.69 Å². The molecule has 3 rings (SSSR count). The number of nitrogens with zero attached hydrogens (tertiary/aromatic N) is 4. The Morgan fingerprint density at radius 1 is 1.18 bits per heavy atom. The Kier molecular flexibility index (Phi) is 6.10. The Bertz CT molecular complexity index is 1070. The van der Waals surface area contributed by atoms with E-state index in [1.165, 1.54) is 11.8 Å². The number of nitrogens with one attached hydrogen (secondary N) is 1. The maximum Gasteiger partial charge on any atom is 0.243 e. The number of anilines is 1. The van der Waals surface area contributed by atoms with Crippen LogP contribution in [-0.4, -0.2) is 52.3 Å². The van der Waals surface area contributed by atoms with E-state index in [1.54, 1.807) is 41.1 Å². The second-order valence-electron chi connectivity index (χ2n) is 6.12. The fraction of sp³-hybridized carbons (Fsp3) is 0.222. The van der Waals surface area contributed by atoms with E-state index in [0.29, 0.717) is 16.5 Å². The number of carbonyl (C=O) groups excluding carboxylic acids is 1. The monoisotopic (exact) mass is 417 g/mol. The third-order valence-corrected chi connectivity index (χ3v) is 6.09. The molecular formula is C18H19N5O3S2. The molecule has 1 atom stereocenters. The van der Waals surface area contributed by atoms with Gasteiger partial charge in [0.15, 0.2) is 9.84 Å². The summed E-state index contributed by atoms with van der Waals surface area (Å²) in [5.74, 6) is -0.578. The molecule has 28 heavy (non-hydrogen) atoms. The van der Waals surface area contributed by atoms with E-state index in [2.05, 4.69) is 20.8 Å². The molecule has 0 aliphatic heterocycles. The number of benzene rings is 2. The van der Waals surface area contributed by atoms with Crippen LogP contribution in [0.15, 0.2) is 59.8 Å². The molecule has 0 radical (unpaired) electrons. The zero-order chi connectivity index (χ0) is 20.1. The fourth-order valence-electron chi connectivity index (χ4n) is 2.67. The lowest BCUT2D eigenvalue weighted by atomic mass is 10.1. The summed E-state index contributed by atoms with van der Waals surface area (Å²) in [5.41, 5.74) is 1.90. The number of thioether (sulfide) groups is 1. The van der Waals surface area contributed by atoms with Gasteiger partial charge in [0, 0.05) is 11.9 Å². The van der Waals surface area contributed by atoms with Gasteiger partial charge in [-0.3, -0.25) is 4.79 Å². The summed E-state index contributed by atoms with van der Waals surface area (Å²) in [6.07, 6.45) is 3.03. The van der Waals surface area contributed by atoms with Crippen LogP contribution >= 0.6 is 11.8 Å². The molecule has 1 unspecified atom stereocenters. The number of hydrogen-bond acceptors (Lipinski definition) is 7. The average molecular weight is 418 g/mol. The smallest absolute Gasteiger partial charge is 0.243 e. The Balaban J connectivity index is 1.83. The molecule has 8 nitrogen and oxygen atoms in total. The molecule has 0 aliphatic carbocycles. The van der Waals surface area contributed by atoms with Crippen LogP contribution in [-0.2, 0) is 21.1 Å². The van der Waals surface area contributed by atoms with E-state index in [4.69, 9.17) is 0 Å². The first-order chi connectivity index (χ1) is 13.4. The van der Waals surface area contributed by atoms with Crippen molar-refractivity contribution in [2.75, 3.05) is 17.8 Å². The molecule has 0 saturated heterocycles. The Labute approximate surface area is 167 Å². The minimum Gasteiger partial charge on any atom is -0.325 e. The van der Waals surface area contributed by atoms with Crippen LogP contribution in [0.2, 0.25) is 0 Å². The fourth-order valence-corrected chi connectivity index (χ4v) is 4.05. The van der Waals surface area contributed by atoms with E-state index in [0.717, 1.165) is 11.8 Å². The van der Waals surface area contributed by atoms with Gasteiger partial charge in [-0.1, -0.05) is 48.2 Å². The summed E-state index contributed by atoms with van der Waals surface area (Å²) >= 11 is 1.39. The second-order valence-corrected chi connectivity index (χ2v) is 9.13. The average Bonchev–Trinajstić information content (AvgIpc) is 3.15. The molecule has 0 saturated carbocycles. The highest BCUT2D eigenvalue weighted by atomic mass is 32.2. The van der Waals surface area contributed by atoms with Crippen LogP contribution in [0.5, 0.6) is 0 Å². The third kappa shape index (κ3) is 4.76. The van der Waals surface area contributed by atoms with E-state index in [1.807, 2.05) is 24.5 Å². The molecule has 1 aromatic heterocycles. The molecule has 1 heterocycles. The lowest BCUT2D eigenvalue weighted by Crippen LogP contribution is -2.36. The maximum atomic E-state index is 12.7. The van der Waals surface area contributed by atoms with Crippen molar-refractivity contribution < 1.29 is 13.2 Å². The molecule has 146 valence electrons. The van der Waals surface area contributed by atoms with Gasteiger partial charge < -0.3 is 5.32 Å². The van der Waals surface area contributed by atoms with Gasteiger partial charge in [-0.15, -0.1) is 5.10 Å². The van der Waals surface area contributed by atoms with Crippen molar-refractivity contribution in [2.45, 2.75) is 16.8 Å². The first-order valence-corrected chi connectivity index (χ1v) is 11.5. The molecule has 0 bridgehead atoms. The van der Waals surface area contributed by atoms with E-state index in [9.17, 15) is 13.2 Å². The first-order valence-electron chi connectivity index (χ1n) is 8.35. The summed E-state index contributed by atoms with van der Waals surface area (Å²) < 4.78 is 26.0. The number of rotatable bonds is 7. The number of amides is 1. The van der Waals surface area contributed by atoms with Gasteiger partial charge in [0.25, 0.3) is 0 Å². The number of aromatic nitrogens is 4. The van der Waals surface area contributed by atoms with E-state index >= 15 is 0 Å². The van der Waals surface area contributed by atoms with Gasteiger partial charge in [-0.05, 0) is 46.9 Å². The molecule has 0 aliphatic rings. The van der Waals surface area contributed by atoms with Crippen molar-refractivity contribution in [3.8, 4) is 5.69 Å². The number of carbonyl (C=O) groups is 1. The molecule has 10 heteroatoms. The molecule has 0 spiro atoms. The standard InChI is InChI=1S/C18H19N5O3S2/c1-27-18-20-21-22-23(18)15-10-6-9-14(12-15)19-17(24)16(28(2,25)26)11-13-7-4-3-5-8-13/h3-10,12,16H,11H2,1-2H3,(H,19,24). The Morgan fingerprint density at radius 3 is 2.61 bits per heavy atom. The van der Waals surface area contributed by atoms with Gasteiger partial charge in [-0.2, -0.15) is 4.68 Å². The molecular weight excluding hydrogens is 398 g/mol. The molecule has 1 amide bonds. The van der Waals surface area contributed by atoms with Gasteiger partial charge in [0.2, 0.25) is 11.1 Å². The zero-order valence-electron chi connectivity index (χ0n) is 15.3. The van der Waals surface area contributed by atoms with Crippen LogP contribution in [0.1, 0.15) is 5.56 Å². The summed E-state index contributed by atoms with van der Waals surface area (Å²) in [6.45, 7) is 0. The molecule has 3 aromatic rings. The number of hydrogen-bond donors (Lipinski definition) is 1. The van der Waals surface area contributed by atoms with Crippen molar-refractivity contribution in [1.82, 2.24) is 20.2 Å². The van der Waals surface area contributed by atoms with Crippen LogP contribution in [0, 0.1) is 0 Å². The van der Waals surface area contributed by atoms with Gasteiger partial charge in [-0.25, -0.2) is 8.42 Å². The van der Waals surface area contributed by atoms with Gasteiger partial charge in [0.05, 0.1) is 5.69 Å². The molecule has 0 fully saturated rings. The quantitative estimate of drug-likeness (QED) is 0.586. The Hall–Kier alpha value is -2.72. The summed E-state index contributed by atoms with van der Waals surface area (Å²) in [7, 11) is -3.60. The SMILES string of the molecule is CSc1nnnn1-c1cccc(NC(=O)C(Cc2ccccc2)S(C)(=O)=O)c1. The predicted molar refractivity (Wildman–Crippen MR) is 108 cm³/mol. The van der Waals surface area contributed by atoms with Crippen LogP contribution in [0.3, 0.4) is 0 Å². The highest BCUT2D eigenvalue weighted by Crippen LogP contribution is 2.20. The second kappa shape index (κ2) is 8.53. The van der Waals surface area contributed by atoms with E-state index < -0.39 is 21.0 Å². The van der Waals surface area contributed by atoms with Crippen molar-refractivity contribution in [3.05, 3.63) is 60.2 Å². The maximum absolute atomic E-state index is 12.7. The highest BCUT2D eigenvalue weighted by Gasteiger charge is 2.29. The predicted octanol–water partition coefficient (Wildman–Crippen LogP) is 1.98. The lowest BCUT2D eigenvalue weighted by molar-refractivity contribution is -0.115. The van der Waals surface area contributed by atoms with Crippen LogP contribution < -0.4 is 5.32 Å². The largest absolute Gasteiger partial charge is 0.325 e. The van der Waals surface area contributed by atoms with Crippen molar-refractivity contribution in [2.24, 2.45) is 0 Å². The molecule has 1 N–H and O–H groups in total. The first kappa shape index (κ1) is 20.0. The van der Waals surface area contributed by atoms with Crippen LogP contribution in [0.25, 0.3) is 5.69 Å². The molecule has 2 aromatic carbocycles. The summed E-state index contributed by atoms with van der Waals surface area (Å²) in [5, 5.41) is 13.6. The van der Waals surface area contributed by atoms with E-state index in [-0.39, 0.29) is 6.42 Å². The van der Waals surface area contributed by atoms with Gasteiger partial charge >= 0.3 is 0 Å². The van der Waals surface area contributed by atoms with Crippen molar-refractivity contribution >= 4 is 33.2 Å². The highest BCUT2D eigenvalue weighted by molar-refractivity contribution is 7.98. The van der Waals surface area contributed by atoms with Crippen molar-refractivity contribution in [3.63, 3.8) is 0 Å². The van der Waals surface area contributed by atoms with Crippen molar-refractivity contribution in [1.29, 1.82) is 0 Å². The minimum absolute atomic E-state index is 0.106. The normalized spacial score (nSPS) is 12.5. The summed E-state index contributed by atoms with van der Waals surface area (Å²) in [4.78, 5) is 12.7. The number of sulfone groups is 1. The topological polar surface area (TPSA) is 107 Å². The summed E-state index contributed by atoms with van der Waals surface area (Å²) in [6, 6.07) is 16.0. The Morgan fingerprint density at radius 2 is 1.93 bits per heavy atom. The third-order valence-electron chi connectivity index (χ3n) is 4.05. The lowest BCUT2D eigenvalue weighted by Gasteiger charge is -2.16. The minimum atomic E-state index is -3.60. The van der Waals surface area contributed by atoms with Gasteiger partial charge in [0.1, 0.15) is 5.25 Å². The zero-order valence-corrected chi connectivity index (χ0v) is 16.9.